The smallest absolute Gasteiger partial charge is 0.248 e. The van der Waals surface area contributed by atoms with Gasteiger partial charge in [0.05, 0.1) is 0 Å². The van der Waals surface area contributed by atoms with E-state index in [0.29, 0.717) is 5.13 Å². The number of thiazole rings is 1. The molecular formula is C10H15N3O2S. The number of hydrogen-bond acceptors (Lipinski definition) is 4. The minimum Gasteiger partial charge on any atom is -0.344 e. The molecule has 0 aliphatic heterocycles. The van der Waals surface area contributed by atoms with E-state index in [4.69, 9.17) is 0 Å². The van der Waals surface area contributed by atoms with Gasteiger partial charge in [0.1, 0.15) is 6.04 Å². The van der Waals surface area contributed by atoms with Gasteiger partial charge in [0.25, 0.3) is 0 Å². The number of nitrogens with zero attached hydrogens (tertiary/aromatic N) is 1. The average Bonchev–Trinajstić information content (AvgIpc) is 2.65. The summed E-state index contributed by atoms with van der Waals surface area (Å²) in [4.78, 5) is 26.7. The molecule has 1 aromatic rings. The molecule has 1 unspecified atom stereocenters. The lowest BCUT2D eigenvalue weighted by Crippen LogP contribution is -2.46. The van der Waals surface area contributed by atoms with Crippen LogP contribution in [0.4, 0.5) is 5.13 Å². The van der Waals surface area contributed by atoms with E-state index in [1.54, 1.807) is 11.6 Å². The summed E-state index contributed by atoms with van der Waals surface area (Å²) in [6.07, 6.45) is 1.61. The van der Waals surface area contributed by atoms with Gasteiger partial charge in [-0.3, -0.25) is 9.59 Å². The van der Waals surface area contributed by atoms with Crippen molar-refractivity contribution < 1.29 is 9.59 Å². The first-order chi connectivity index (χ1) is 7.50. The molecule has 0 aliphatic carbocycles. The molecule has 0 bridgehead atoms. The van der Waals surface area contributed by atoms with Gasteiger partial charge in [-0.1, -0.05) is 13.8 Å². The van der Waals surface area contributed by atoms with Gasteiger partial charge in [-0.2, -0.15) is 0 Å². The number of aromatic nitrogens is 1. The lowest BCUT2D eigenvalue weighted by molar-refractivity contribution is -0.126. The molecule has 0 saturated carbocycles. The van der Waals surface area contributed by atoms with Gasteiger partial charge in [-0.05, 0) is 5.92 Å². The van der Waals surface area contributed by atoms with Crippen molar-refractivity contribution in [2.45, 2.75) is 26.8 Å². The van der Waals surface area contributed by atoms with Crippen LogP contribution in [0.3, 0.4) is 0 Å². The number of anilines is 1. The van der Waals surface area contributed by atoms with Crippen molar-refractivity contribution in [3.8, 4) is 0 Å². The highest BCUT2D eigenvalue weighted by molar-refractivity contribution is 7.13. The van der Waals surface area contributed by atoms with Crippen LogP contribution in [0.15, 0.2) is 11.6 Å². The highest BCUT2D eigenvalue weighted by Gasteiger charge is 2.23. The van der Waals surface area contributed by atoms with Crippen molar-refractivity contribution in [2.75, 3.05) is 5.32 Å². The second-order valence-electron chi connectivity index (χ2n) is 3.75. The van der Waals surface area contributed by atoms with Crippen molar-refractivity contribution in [3.63, 3.8) is 0 Å². The molecule has 0 aliphatic rings. The standard InChI is InChI=1S/C10H15N3O2S/c1-6(2)8(12-7(3)14)9(15)13-10-11-4-5-16-10/h4-6,8H,1-3H3,(H,12,14)(H,11,13,15). The fraction of sp³-hybridized carbons (Fsp3) is 0.500. The van der Waals surface area contributed by atoms with E-state index in [0.717, 1.165) is 0 Å². The van der Waals surface area contributed by atoms with Crippen LogP contribution in [-0.2, 0) is 9.59 Å². The summed E-state index contributed by atoms with van der Waals surface area (Å²) in [6.45, 7) is 5.15. The molecule has 0 spiro atoms. The fourth-order valence-corrected chi connectivity index (χ4v) is 1.75. The van der Waals surface area contributed by atoms with Gasteiger partial charge < -0.3 is 10.6 Å². The molecule has 1 aromatic heterocycles. The number of rotatable bonds is 4. The van der Waals surface area contributed by atoms with Gasteiger partial charge in [0, 0.05) is 18.5 Å². The maximum atomic E-state index is 11.8. The molecule has 6 heteroatoms. The molecule has 1 heterocycles. The Morgan fingerprint density at radius 2 is 2.12 bits per heavy atom. The topological polar surface area (TPSA) is 71.1 Å². The first-order valence-electron chi connectivity index (χ1n) is 4.98. The van der Waals surface area contributed by atoms with Crippen LogP contribution in [0.25, 0.3) is 0 Å². The third-order valence-corrected chi connectivity index (χ3v) is 2.66. The van der Waals surface area contributed by atoms with Crippen molar-refractivity contribution >= 4 is 28.3 Å². The highest BCUT2D eigenvalue weighted by atomic mass is 32.1. The summed E-state index contributed by atoms with van der Waals surface area (Å²) < 4.78 is 0. The minimum atomic E-state index is -0.526. The van der Waals surface area contributed by atoms with E-state index >= 15 is 0 Å². The van der Waals surface area contributed by atoms with Crippen molar-refractivity contribution in [1.29, 1.82) is 0 Å². The third kappa shape index (κ3) is 3.62. The van der Waals surface area contributed by atoms with E-state index < -0.39 is 6.04 Å². The van der Waals surface area contributed by atoms with Crippen LogP contribution in [-0.4, -0.2) is 22.8 Å². The van der Waals surface area contributed by atoms with Gasteiger partial charge in [0.15, 0.2) is 5.13 Å². The SMILES string of the molecule is CC(=O)NC(C(=O)Nc1nccs1)C(C)C. The van der Waals surface area contributed by atoms with Gasteiger partial charge in [0.2, 0.25) is 11.8 Å². The maximum Gasteiger partial charge on any atom is 0.248 e. The van der Waals surface area contributed by atoms with E-state index in [9.17, 15) is 9.59 Å². The summed E-state index contributed by atoms with van der Waals surface area (Å²) in [6, 6.07) is -0.526. The summed E-state index contributed by atoms with van der Waals surface area (Å²) in [5.74, 6) is -0.419. The quantitative estimate of drug-likeness (QED) is 0.833. The second kappa shape index (κ2) is 5.60. The lowest BCUT2D eigenvalue weighted by atomic mass is 10.0. The lowest BCUT2D eigenvalue weighted by Gasteiger charge is -2.19. The molecule has 16 heavy (non-hydrogen) atoms. The molecule has 0 radical (unpaired) electrons. The predicted octanol–water partition coefficient (Wildman–Crippen LogP) is 1.24. The fourth-order valence-electron chi connectivity index (χ4n) is 1.22. The molecule has 2 amide bonds. The van der Waals surface area contributed by atoms with Crippen LogP contribution in [0, 0.1) is 5.92 Å². The number of carbonyl (C=O) groups excluding carboxylic acids is 2. The maximum absolute atomic E-state index is 11.8. The Labute approximate surface area is 98.3 Å². The molecule has 1 atom stereocenters. The number of hydrogen-bond donors (Lipinski definition) is 2. The molecular weight excluding hydrogens is 226 g/mol. The summed E-state index contributed by atoms with van der Waals surface area (Å²) in [5, 5.41) is 7.60. The van der Waals surface area contributed by atoms with E-state index in [-0.39, 0.29) is 17.7 Å². The molecule has 0 saturated heterocycles. The summed E-state index contributed by atoms with van der Waals surface area (Å²) in [7, 11) is 0. The van der Waals surface area contributed by atoms with Crippen LogP contribution in [0.5, 0.6) is 0 Å². The molecule has 0 aromatic carbocycles. The summed E-state index contributed by atoms with van der Waals surface area (Å²) in [5.41, 5.74) is 0. The zero-order chi connectivity index (χ0) is 12.1. The van der Waals surface area contributed by atoms with E-state index in [2.05, 4.69) is 15.6 Å². The van der Waals surface area contributed by atoms with Crippen LogP contribution < -0.4 is 10.6 Å². The largest absolute Gasteiger partial charge is 0.344 e. The van der Waals surface area contributed by atoms with Crippen molar-refractivity contribution in [1.82, 2.24) is 10.3 Å². The second-order valence-corrected chi connectivity index (χ2v) is 4.64. The Balaban J connectivity index is 2.64. The Bertz CT molecular complexity index is 362. The van der Waals surface area contributed by atoms with Gasteiger partial charge in [-0.15, -0.1) is 11.3 Å². The monoisotopic (exact) mass is 241 g/mol. The first-order valence-corrected chi connectivity index (χ1v) is 5.86. The molecule has 2 N–H and O–H groups in total. The van der Waals surface area contributed by atoms with Crippen molar-refractivity contribution in [3.05, 3.63) is 11.6 Å². The number of carbonyl (C=O) groups is 2. The Morgan fingerprint density at radius 1 is 1.44 bits per heavy atom. The van der Waals surface area contributed by atoms with Crippen LogP contribution in [0.1, 0.15) is 20.8 Å². The number of nitrogens with one attached hydrogen (secondary N) is 2. The van der Waals surface area contributed by atoms with E-state index in [1.807, 2.05) is 13.8 Å². The molecule has 1 rings (SSSR count). The average molecular weight is 241 g/mol. The Morgan fingerprint density at radius 3 is 2.56 bits per heavy atom. The molecule has 0 fully saturated rings. The molecule has 88 valence electrons. The summed E-state index contributed by atoms with van der Waals surface area (Å²) >= 11 is 1.34. The van der Waals surface area contributed by atoms with Gasteiger partial charge in [-0.25, -0.2) is 4.98 Å². The third-order valence-electron chi connectivity index (χ3n) is 1.97. The minimum absolute atomic E-state index is 0.0314. The first kappa shape index (κ1) is 12.6. The van der Waals surface area contributed by atoms with Crippen LogP contribution in [0.2, 0.25) is 0 Å². The Kier molecular flexibility index (Phi) is 4.42. The molecule has 5 nitrogen and oxygen atoms in total. The Hall–Kier alpha value is -1.43. The van der Waals surface area contributed by atoms with Crippen LogP contribution >= 0.6 is 11.3 Å². The zero-order valence-electron chi connectivity index (χ0n) is 9.48. The highest BCUT2D eigenvalue weighted by Crippen LogP contribution is 2.12. The predicted molar refractivity (Wildman–Crippen MR) is 63.2 cm³/mol. The number of amides is 2. The normalized spacial score (nSPS) is 12.2. The van der Waals surface area contributed by atoms with E-state index in [1.165, 1.54) is 18.3 Å². The zero-order valence-corrected chi connectivity index (χ0v) is 10.3. The van der Waals surface area contributed by atoms with Crippen molar-refractivity contribution in [2.24, 2.45) is 5.92 Å². The van der Waals surface area contributed by atoms with Gasteiger partial charge >= 0.3 is 0 Å².